The van der Waals surface area contributed by atoms with Crippen molar-refractivity contribution in [3.63, 3.8) is 0 Å². The van der Waals surface area contributed by atoms with Crippen molar-refractivity contribution < 1.29 is 27.8 Å². The van der Waals surface area contributed by atoms with E-state index in [1.54, 1.807) is 4.90 Å². The fraction of sp³-hybridized carbons (Fsp3) is 0.480. The highest BCUT2D eigenvalue weighted by Crippen LogP contribution is 2.35. The van der Waals surface area contributed by atoms with Gasteiger partial charge >= 0.3 is 5.97 Å². The number of hydrogen-bond acceptors (Lipinski definition) is 10. The third-order valence-corrected chi connectivity index (χ3v) is 7.64. The van der Waals surface area contributed by atoms with E-state index in [9.17, 15) is 14.0 Å². The molecular formula is C25H28F2N8O4. The Morgan fingerprint density at radius 1 is 1.03 bits per heavy atom. The molecule has 0 spiro atoms. The van der Waals surface area contributed by atoms with E-state index in [0.717, 1.165) is 49.4 Å². The van der Waals surface area contributed by atoms with Crippen LogP contribution in [0, 0.1) is 17.6 Å². The minimum atomic E-state index is -0.923. The van der Waals surface area contributed by atoms with Crippen LogP contribution in [0.15, 0.2) is 24.8 Å². The van der Waals surface area contributed by atoms with Crippen LogP contribution >= 0.6 is 0 Å². The van der Waals surface area contributed by atoms with Crippen LogP contribution < -0.4 is 15.4 Å². The zero-order chi connectivity index (χ0) is 27.1. The SMILES string of the molecule is Nc1nn2cc(F)cnc2c1C(=O)Oc1cncc(F)c1N1CCC(C(=O)N2CCN(C3COC3)CC2)CC1. The van der Waals surface area contributed by atoms with Crippen molar-refractivity contribution in [2.75, 3.05) is 63.1 Å². The summed E-state index contributed by atoms with van der Waals surface area (Å²) in [5.41, 5.74) is 5.78. The number of rotatable bonds is 5. The topological polar surface area (TPSA) is 131 Å². The third-order valence-electron chi connectivity index (χ3n) is 7.64. The highest BCUT2D eigenvalue weighted by atomic mass is 19.1. The van der Waals surface area contributed by atoms with Crippen LogP contribution in [-0.4, -0.2) is 99.8 Å². The average Bonchev–Trinajstić information content (AvgIpc) is 3.23. The molecule has 3 fully saturated rings. The van der Waals surface area contributed by atoms with E-state index in [4.69, 9.17) is 15.2 Å². The lowest BCUT2D eigenvalue weighted by molar-refractivity contribution is -0.140. The molecule has 0 bridgehead atoms. The molecule has 3 aromatic heterocycles. The van der Waals surface area contributed by atoms with E-state index < -0.39 is 17.6 Å². The maximum atomic E-state index is 15.0. The van der Waals surface area contributed by atoms with Crippen LogP contribution in [0.1, 0.15) is 23.2 Å². The maximum Gasteiger partial charge on any atom is 0.351 e. The number of carbonyl (C=O) groups excluding carboxylic acids is 2. The summed E-state index contributed by atoms with van der Waals surface area (Å²) in [5.74, 6) is -2.56. The number of piperidine rings is 1. The quantitative estimate of drug-likeness (QED) is 0.465. The van der Waals surface area contributed by atoms with Gasteiger partial charge < -0.3 is 25.0 Å². The molecule has 1 amide bonds. The Balaban J connectivity index is 1.12. The molecule has 6 rings (SSSR count). The molecule has 0 unspecified atom stereocenters. The number of pyridine rings is 1. The lowest BCUT2D eigenvalue weighted by atomic mass is 9.94. The largest absolute Gasteiger partial charge is 0.419 e. The fourth-order valence-electron chi connectivity index (χ4n) is 5.42. The van der Waals surface area contributed by atoms with E-state index in [1.807, 2.05) is 4.90 Å². The zero-order valence-corrected chi connectivity index (χ0v) is 21.1. The predicted octanol–water partition coefficient (Wildman–Crippen LogP) is 0.963. The van der Waals surface area contributed by atoms with Crippen molar-refractivity contribution in [3.8, 4) is 5.75 Å². The lowest BCUT2D eigenvalue weighted by Crippen LogP contribution is -2.58. The Morgan fingerprint density at radius 2 is 1.77 bits per heavy atom. The van der Waals surface area contributed by atoms with Gasteiger partial charge in [0.25, 0.3) is 0 Å². The van der Waals surface area contributed by atoms with Crippen molar-refractivity contribution in [2.24, 2.45) is 5.92 Å². The van der Waals surface area contributed by atoms with Gasteiger partial charge in [0, 0.05) is 45.2 Å². The monoisotopic (exact) mass is 542 g/mol. The normalized spacial score (nSPS) is 19.3. The second-order valence-corrected chi connectivity index (χ2v) is 9.97. The first-order valence-electron chi connectivity index (χ1n) is 12.9. The van der Waals surface area contributed by atoms with Crippen LogP contribution in [0.25, 0.3) is 5.65 Å². The highest BCUT2D eigenvalue weighted by molar-refractivity contribution is 6.02. The number of anilines is 2. The van der Waals surface area contributed by atoms with Gasteiger partial charge in [-0.15, -0.1) is 5.10 Å². The number of aromatic nitrogens is 4. The average molecular weight is 543 g/mol. The molecule has 14 heteroatoms. The van der Waals surface area contributed by atoms with E-state index in [-0.39, 0.29) is 40.3 Å². The molecule has 0 radical (unpaired) electrons. The number of amides is 1. The van der Waals surface area contributed by atoms with Crippen molar-refractivity contribution in [1.82, 2.24) is 29.4 Å². The van der Waals surface area contributed by atoms with Crippen LogP contribution in [0.5, 0.6) is 5.75 Å². The molecule has 3 aliphatic rings. The number of fused-ring (bicyclic) bond motifs is 1. The summed E-state index contributed by atoms with van der Waals surface area (Å²) in [7, 11) is 0. The van der Waals surface area contributed by atoms with Crippen LogP contribution in [-0.2, 0) is 9.53 Å². The number of nitrogens with zero attached hydrogens (tertiary/aromatic N) is 7. The van der Waals surface area contributed by atoms with Gasteiger partial charge in [-0.25, -0.2) is 23.1 Å². The predicted molar refractivity (Wildman–Crippen MR) is 134 cm³/mol. The summed E-state index contributed by atoms with van der Waals surface area (Å²) in [4.78, 5) is 40.0. The van der Waals surface area contributed by atoms with Gasteiger partial charge in [0.05, 0.1) is 44.0 Å². The Kier molecular flexibility index (Phi) is 6.73. The first kappa shape index (κ1) is 25.4. The molecule has 2 N–H and O–H groups in total. The molecule has 3 saturated heterocycles. The standard InChI is InChI=1S/C25H28F2N8O4/c26-16-9-30-23-20(22(28)31-35(23)12-16)25(37)39-19-11-29-10-18(27)21(19)33-3-1-15(2-4-33)24(36)34-7-5-32(6-8-34)17-13-38-14-17/h9-12,15,17H,1-8,13-14H2,(H2,28,31). The molecule has 12 nitrogen and oxygen atoms in total. The molecule has 3 aliphatic heterocycles. The van der Waals surface area contributed by atoms with Crippen LogP contribution in [0.3, 0.4) is 0 Å². The van der Waals surface area contributed by atoms with Crippen molar-refractivity contribution in [3.05, 3.63) is 42.0 Å². The minimum absolute atomic E-state index is 0.00555. The lowest BCUT2D eigenvalue weighted by Gasteiger charge is -2.43. The first-order valence-corrected chi connectivity index (χ1v) is 12.9. The second kappa shape index (κ2) is 10.3. The summed E-state index contributed by atoms with van der Waals surface area (Å²) >= 11 is 0. The first-order chi connectivity index (χ1) is 18.9. The van der Waals surface area contributed by atoms with Gasteiger partial charge in [0.1, 0.15) is 11.3 Å². The summed E-state index contributed by atoms with van der Waals surface area (Å²) in [6.07, 6.45) is 5.33. The third kappa shape index (κ3) is 4.85. The number of ether oxygens (including phenoxy) is 2. The number of esters is 1. The molecule has 39 heavy (non-hydrogen) atoms. The van der Waals surface area contributed by atoms with E-state index in [2.05, 4.69) is 20.0 Å². The maximum absolute atomic E-state index is 15.0. The highest BCUT2D eigenvalue weighted by Gasteiger charge is 2.35. The number of halogens is 2. The number of nitrogen functional groups attached to an aromatic ring is 1. The van der Waals surface area contributed by atoms with Gasteiger partial charge in [-0.1, -0.05) is 0 Å². The Bertz CT molecular complexity index is 1400. The summed E-state index contributed by atoms with van der Waals surface area (Å²) in [6.45, 7) is 5.42. The molecule has 0 aromatic carbocycles. The van der Waals surface area contributed by atoms with Gasteiger partial charge in [-0.2, -0.15) is 0 Å². The van der Waals surface area contributed by atoms with Gasteiger partial charge in [-0.05, 0) is 12.8 Å². The number of piperazine rings is 1. The molecular weight excluding hydrogens is 514 g/mol. The summed E-state index contributed by atoms with van der Waals surface area (Å²) in [5, 5.41) is 3.90. The Morgan fingerprint density at radius 3 is 2.46 bits per heavy atom. The number of carbonyl (C=O) groups is 2. The van der Waals surface area contributed by atoms with Gasteiger partial charge in [0.15, 0.2) is 28.8 Å². The number of nitrogens with two attached hydrogens (primary N) is 1. The van der Waals surface area contributed by atoms with Gasteiger partial charge in [0.2, 0.25) is 5.91 Å². The molecule has 0 aliphatic carbocycles. The Hall–Kier alpha value is -3.91. The van der Waals surface area contributed by atoms with Crippen molar-refractivity contribution >= 4 is 29.0 Å². The van der Waals surface area contributed by atoms with E-state index in [0.29, 0.717) is 45.1 Å². The second-order valence-electron chi connectivity index (χ2n) is 9.97. The molecule has 0 atom stereocenters. The van der Waals surface area contributed by atoms with Gasteiger partial charge in [-0.3, -0.25) is 14.7 Å². The van der Waals surface area contributed by atoms with Crippen LogP contribution in [0.2, 0.25) is 0 Å². The van der Waals surface area contributed by atoms with Crippen molar-refractivity contribution in [2.45, 2.75) is 18.9 Å². The Labute approximate surface area is 222 Å². The summed E-state index contributed by atoms with van der Waals surface area (Å²) in [6, 6.07) is 0.465. The summed E-state index contributed by atoms with van der Waals surface area (Å²) < 4.78 is 40.3. The molecule has 206 valence electrons. The number of hydrogen-bond donors (Lipinski definition) is 1. The van der Waals surface area contributed by atoms with E-state index >= 15 is 4.39 Å². The van der Waals surface area contributed by atoms with Crippen LogP contribution in [0.4, 0.5) is 20.3 Å². The molecule has 6 heterocycles. The van der Waals surface area contributed by atoms with E-state index in [1.165, 1.54) is 6.20 Å². The molecule has 3 aromatic rings. The molecule has 0 saturated carbocycles. The minimum Gasteiger partial charge on any atom is -0.419 e. The van der Waals surface area contributed by atoms with Crippen molar-refractivity contribution in [1.29, 1.82) is 0 Å². The fourth-order valence-corrected chi connectivity index (χ4v) is 5.42. The zero-order valence-electron chi connectivity index (χ0n) is 21.1. The smallest absolute Gasteiger partial charge is 0.351 e.